The van der Waals surface area contributed by atoms with Gasteiger partial charge in [0.25, 0.3) is 5.91 Å². The summed E-state index contributed by atoms with van der Waals surface area (Å²) in [6, 6.07) is 7.78. The summed E-state index contributed by atoms with van der Waals surface area (Å²) in [4.78, 5) is 11.9. The van der Waals surface area contributed by atoms with Gasteiger partial charge in [-0.05, 0) is 62.3 Å². The topological polar surface area (TPSA) is 84.6 Å². The lowest BCUT2D eigenvalue weighted by Crippen LogP contribution is -2.26. The number of rotatable bonds is 7. The van der Waals surface area contributed by atoms with E-state index < -0.39 is 6.10 Å². The number of aromatic nitrogens is 1. The molecular formula is C19H24N2O4. The Labute approximate surface area is 147 Å². The third kappa shape index (κ3) is 4.82. The summed E-state index contributed by atoms with van der Waals surface area (Å²) in [6.45, 7) is 2.30. The van der Waals surface area contributed by atoms with Gasteiger partial charge in [-0.3, -0.25) is 4.79 Å². The van der Waals surface area contributed by atoms with Crippen molar-refractivity contribution in [2.24, 2.45) is 0 Å². The van der Waals surface area contributed by atoms with E-state index in [1.807, 2.05) is 6.07 Å². The molecule has 1 unspecified atom stereocenters. The molecule has 0 bridgehead atoms. The molecule has 3 rings (SSSR count). The number of carbonyl (C=O) groups excluding carboxylic acids is 1. The van der Waals surface area contributed by atoms with Crippen molar-refractivity contribution in [2.45, 2.75) is 51.7 Å². The van der Waals surface area contributed by atoms with Crippen LogP contribution in [0.25, 0.3) is 0 Å². The van der Waals surface area contributed by atoms with Crippen LogP contribution in [0.15, 0.2) is 28.8 Å². The predicted molar refractivity (Wildman–Crippen MR) is 92.6 cm³/mol. The lowest BCUT2D eigenvalue weighted by molar-refractivity contribution is 0.0936. The number of aliphatic hydroxyl groups is 1. The van der Waals surface area contributed by atoms with Crippen LogP contribution >= 0.6 is 0 Å². The normalized spacial score (nSPS) is 14.6. The monoisotopic (exact) mass is 344 g/mol. The van der Waals surface area contributed by atoms with Crippen molar-refractivity contribution in [1.29, 1.82) is 0 Å². The van der Waals surface area contributed by atoms with Crippen molar-refractivity contribution < 1.29 is 19.2 Å². The van der Waals surface area contributed by atoms with Crippen LogP contribution in [0.3, 0.4) is 0 Å². The molecular weight excluding hydrogens is 320 g/mol. The van der Waals surface area contributed by atoms with E-state index in [2.05, 4.69) is 22.6 Å². The Morgan fingerprint density at radius 2 is 2.12 bits per heavy atom. The largest absolute Gasteiger partial charge is 0.486 e. The van der Waals surface area contributed by atoms with Crippen LogP contribution in [-0.2, 0) is 19.4 Å². The summed E-state index contributed by atoms with van der Waals surface area (Å²) in [5.74, 6) is 0.989. The maximum absolute atomic E-state index is 11.9. The zero-order valence-electron chi connectivity index (χ0n) is 14.5. The first-order chi connectivity index (χ1) is 12.1. The van der Waals surface area contributed by atoms with Crippen LogP contribution in [0.2, 0.25) is 0 Å². The number of nitrogens with zero attached hydrogens (tertiary/aromatic N) is 1. The van der Waals surface area contributed by atoms with E-state index in [4.69, 9.17) is 9.26 Å². The molecule has 1 atom stereocenters. The van der Waals surface area contributed by atoms with E-state index in [1.165, 1.54) is 24.0 Å². The van der Waals surface area contributed by atoms with Gasteiger partial charge < -0.3 is 19.7 Å². The molecule has 1 amide bonds. The first-order valence-corrected chi connectivity index (χ1v) is 8.78. The van der Waals surface area contributed by atoms with E-state index >= 15 is 0 Å². The van der Waals surface area contributed by atoms with E-state index in [1.54, 1.807) is 13.0 Å². The van der Waals surface area contributed by atoms with Crippen LogP contribution in [-0.4, -0.2) is 28.8 Å². The minimum Gasteiger partial charge on any atom is -0.486 e. The van der Waals surface area contributed by atoms with Gasteiger partial charge in [-0.1, -0.05) is 11.2 Å². The van der Waals surface area contributed by atoms with Gasteiger partial charge in [0.15, 0.2) is 11.5 Å². The Morgan fingerprint density at radius 1 is 1.32 bits per heavy atom. The summed E-state index contributed by atoms with van der Waals surface area (Å²) >= 11 is 0. The molecule has 6 heteroatoms. The molecule has 1 aromatic carbocycles. The fourth-order valence-electron chi connectivity index (χ4n) is 2.93. The van der Waals surface area contributed by atoms with Crippen molar-refractivity contribution in [3.05, 3.63) is 46.8 Å². The minimum atomic E-state index is -0.446. The lowest BCUT2D eigenvalue weighted by atomic mass is 9.92. The van der Waals surface area contributed by atoms with Gasteiger partial charge in [-0.2, -0.15) is 0 Å². The number of hydrogen-bond donors (Lipinski definition) is 2. The van der Waals surface area contributed by atoms with Gasteiger partial charge in [0.1, 0.15) is 12.4 Å². The van der Waals surface area contributed by atoms with Crippen LogP contribution < -0.4 is 10.1 Å². The van der Waals surface area contributed by atoms with Crippen molar-refractivity contribution in [1.82, 2.24) is 10.5 Å². The molecule has 0 saturated carbocycles. The zero-order chi connectivity index (χ0) is 17.6. The molecule has 1 aromatic heterocycles. The highest BCUT2D eigenvalue weighted by Crippen LogP contribution is 2.25. The van der Waals surface area contributed by atoms with Crippen molar-refractivity contribution in [3.8, 4) is 5.75 Å². The number of aliphatic hydroxyl groups excluding tert-OH is 1. The second-order valence-corrected chi connectivity index (χ2v) is 6.50. The van der Waals surface area contributed by atoms with Gasteiger partial charge in [0.2, 0.25) is 0 Å². The predicted octanol–water partition coefficient (Wildman–Crippen LogP) is 2.63. The average Bonchev–Trinajstić information content (AvgIpc) is 3.08. The maximum atomic E-state index is 11.9. The van der Waals surface area contributed by atoms with Crippen molar-refractivity contribution in [3.63, 3.8) is 0 Å². The number of carbonyl (C=O) groups is 1. The molecule has 1 aliphatic carbocycles. The van der Waals surface area contributed by atoms with E-state index in [0.29, 0.717) is 18.7 Å². The van der Waals surface area contributed by atoms with E-state index in [0.717, 1.165) is 18.6 Å². The molecule has 2 N–H and O–H groups in total. The third-order valence-electron chi connectivity index (χ3n) is 4.34. The first-order valence-electron chi connectivity index (χ1n) is 8.78. The van der Waals surface area contributed by atoms with E-state index in [-0.39, 0.29) is 18.2 Å². The molecule has 1 heterocycles. The van der Waals surface area contributed by atoms with Crippen molar-refractivity contribution >= 4 is 5.91 Å². The molecule has 2 aromatic rings. The highest BCUT2D eigenvalue weighted by atomic mass is 16.5. The number of amides is 1. The number of benzene rings is 1. The lowest BCUT2D eigenvalue weighted by Gasteiger charge is -2.16. The quantitative estimate of drug-likeness (QED) is 0.806. The Balaban J connectivity index is 1.52. The molecule has 1 aliphatic rings. The molecule has 25 heavy (non-hydrogen) atoms. The number of aryl methyl sites for hydroxylation is 2. The smallest absolute Gasteiger partial charge is 0.273 e. The average molecular weight is 344 g/mol. The summed E-state index contributed by atoms with van der Waals surface area (Å²) < 4.78 is 10.9. The Morgan fingerprint density at radius 3 is 2.92 bits per heavy atom. The number of ether oxygens (including phenoxy) is 1. The molecule has 6 nitrogen and oxygen atoms in total. The third-order valence-corrected chi connectivity index (χ3v) is 4.34. The molecule has 0 saturated heterocycles. The highest BCUT2D eigenvalue weighted by molar-refractivity contribution is 5.92. The molecule has 0 radical (unpaired) electrons. The van der Waals surface area contributed by atoms with Crippen LogP contribution in [0.1, 0.15) is 53.6 Å². The number of fused-ring (bicyclic) bond motifs is 1. The van der Waals surface area contributed by atoms with Crippen LogP contribution in [0.5, 0.6) is 5.75 Å². The van der Waals surface area contributed by atoms with Gasteiger partial charge in [0, 0.05) is 12.6 Å². The summed E-state index contributed by atoms with van der Waals surface area (Å²) in [6.07, 6.45) is 4.78. The molecule has 0 spiro atoms. The van der Waals surface area contributed by atoms with Gasteiger partial charge >= 0.3 is 0 Å². The van der Waals surface area contributed by atoms with Gasteiger partial charge in [0.05, 0.1) is 6.10 Å². The SMILES string of the molecule is CC(O)CCNC(=O)c1cc(COc2ccc3c(c2)CCCC3)on1. The number of nitrogens with one attached hydrogen (secondary N) is 1. The second kappa shape index (κ2) is 8.16. The molecule has 0 aliphatic heterocycles. The summed E-state index contributed by atoms with van der Waals surface area (Å²) in [5.41, 5.74) is 2.99. The number of hydrogen-bond acceptors (Lipinski definition) is 5. The van der Waals surface area contributed by atoms with Gasteiger partial charge in [-0.25, -0.2) is 0 Å². The molecule has 134 valence electrons. The highest BCUT2D eigenvalue weighted by Gasteiger charge is 2.14. The maximum Gasteiger partial charge on any atom is 0.273 e. The van der Waals surface area contributed by atoms with Crippen LogP contribution in [0.4, 0.5) is 0 Å². The second-order valence-electron chi connectivity index (χ2n) is 6.50. The fraction of sp³-hybridized carbons (Fsp3) is 0.474. The van der Waals surface area contributed by atoms with E-state index in [9.17, 15) is 9.90 Å². The Kier molecular flexibility index (Phi) is 5.71. The molecule has 0 fully saturated rings. The first kappa shape index (κ1) is 17.5. The Bertz CT molecular complexity index is 724. The van der Waals surface area contributed by atoms with Crippen LogP contribution in [0, 0.1) is 0 Å². The fourth-order valence-corrected chi connectivity index (χ4v) is 2.93. The zero-order valence-corrected chi connectivity index (χ0v) is 14.5. The summed E-state index contributed by atoms with van der Waals surface area (Å²) in [5, 5.41) is 15.6. The summed E-state index contributed by atoms with van der Waals surface area (Å²) in [7, 11) is 0. The van der Waals surface area contributed by atoms with Crippen molar-refractivity contribution in [2.75, 3.05) is 6.54 Å². The Hall–Kier alpha value is -2.34. The standard InChI is InChI=1S/C19H24N2O4/c1-13(22)8-9-20-19(23)18-11-17(25-21-18)12-24-16-7-6-14-4-2-3-5-15(14)10-16/h6-7,10-11,13,22H,2-5,8-9,12H2,1H3,(H,20,23). The minimum absolute atomic E-state index is 0.217. The van der Waals surface area contributed by atoms with Gasteiger partial charge in [-0.15, -0.1) is 0 Å².